The fraction of sp³-hybridized carbons (Fsp3) is 0.500. The average Bonchev–Trinajstić information content (AvgIpc) is 3.43. The van der Waals surface area contributed by atoms with Crippen LogP contribution in [0.25, 0.3) is 18.2 Å². The lowest BCUT2D eigenvalue weighted by atomic mass is 10.1. The smallest absolute Gasteiger partial charge is 0.330 e. The van der Waals surface area contributed by atoms with Gasteiger partial charge in [0.05, 0.1) is 41.2 Å². The van der Waals surface area contributed by atoms with Gasteiger partial charge >= 0.3 is 35.8 Å². The second-order valence-corrected chi connectivity index (χ2v) is 17.9. The Hall–Kier alpha value is -6.90. The van der Waals surface area contributed by atoms with E-state index in [4.69, 9.17) is 28.4 Å². The summed E-state index contributed by atoms with van der Waals surface area (Å²) < 4.78 is 48.1. The number of esters is 6. The minimum absolute atomic E-state index is 0.188. The summed E-state index contributed by atoms with van der Waals surface area (Å²) in [4.78, 5) is 72.2. The summed E-state index contributed by atoms with van der Waals surface area (Å²) in [5.74, 6) is -0.127. The van der Waals surface area contributed by atoms with Gasteiger partial charge in [-0.05, 0) is 110 Å². The van der Waals surface area contributed by atoms with Crippen LogP contribution in [-0.4, -0.2) is 96.3 Å². The molecule has 3 aromatic rings. The predicted molar refractivity (Wildman–Crippen MR) is 288 cm³/mol. The second kappa shape index (κ2) is 40.5. The third-order valence-electron chi connectivity index (χ3n) is 11.8. The van der Waals surface area contributed by atoms with E-state index in [1.807, 2.05) is 72.8 Å². The standard InChI is InChI=1S/C60H80O15/c1-67-55(61)40-31-48-25-34-51(35-26-48)70-43-19-13-7-4-10-16-22-58(64)73-46-54(75-60(66)24-18-12-6-9-15-21-45-72-53-38-29-50(30-39-53)33-42-57(63)69-3)47-74-59(65)23-17-11-5-8-14-20-44-71-52-36-27-49(28-37-52)32-41-56(62)68-2/h25-42,54H,4-24,43-47H2,1-3H3/b40-31+,41-32+,42-33+. The minimum Gasteiger partial charge on any atom is -0.494 e. The van der Waals surface area contributed by atoms with Crippen LogP contribution < -0.4 is 14.2 Å². The van der Waals surface area contributed by atoms with Gasteiger partial charge in [0.25, 0.3) is 0 Å². The van der Waals surface area contributed by atoms with E-state index in [2.05, 4.69) is 14.2 Å². The number of rotatable bonds is 41. The topological polar surface area (TPSA) is 185 Å². The minimum atomic E-state index is -0.898. The predicted octanol–water partition coefficient (Wildman–Crippen LogP) is 12.0. The molecule has 0 N–H and O–H groups in total. The summed E-state index contributed by atoms with van der Waals surface area (Å²) in [6.07, 6.45) is 25.2. The van der Waals surface area contributed by atoms with Crippen molar-refractivity contribution in [2.24, 2.45) is 0 Å². The molecule has 0 fully saturated rings. The van der Waals surface area contributed by atoms with Crippen LogP contribution in [0.15, 0.2) is 91.0 Å². The van der Waals surface area contributed by atoms with E-state index >= 15 is 0 Å². The molecule has 15 nitrogen and oxygen atoms in total. The number of methoxy groups -OCH3 is 3. The Morgan fingerprint density at radius 3 is 0.920 bits per heavy atom. The summed E-state index contributed by atoms with van der Waals surface area (Å²) in [7, 11) is 4.01. The van der Waals surface area contributed by atoms with Gasteiger partial charge in [0.1, 0.15) is 30.5 Å². The Morgan fingerprint density at radius 1 is 0.360 bits per heavy atom. The summed E-state index contributed by atoms with van der Waals surface area (Å²) in [6, 6.07) is 22.4. The molecular formula is C60H80O15. The molecule has 3 aromatic carbocycles. The maximum Gasteiger partial charge on any atom is 0.330 e. The molecular weight excluding hydrogens is 961 g/mol. The molecule has 0 amide bonds. The van der Waals surface area contributed by atoms with Crippen LogP contribution >= 0.6 is 0 Å². The molecule has 75 heavy (non-hydrogen) atoms. The van der Waals surface area contributed by atoms with Crippen molar-refractivity contribution in [3.8, 4) is 17.2 Å². The number of carbonyl (C=O) groups is 6. The van der Waals surface area contributed by atoms with E-state index < -0.39 is 30.0 Å². The number of hydrogen-bond acceptors (Lipinski definition) is 15. The highest BCUT2D eigenvalue weighted by Gasteiger charge is 2.20. The fourth-order valence-corrected chi connectivity index (χ4v) is 7.41. The molecule has 0 unspecified atom stereocenters. The van der Waals surface area contributed by atoms with Crippen molar-refractivity contribution in [1.82, 2.24) is 0 Å². The zero-order valence-corrected chi connectivity index (χ0v) is 44.5. The van der Waals surface area contributed by atoms with E-state index in [1.165, 1.54) is 39.6 Å². The SMILES string of the molecule is COC(=O)/C=C/c1ccc(OCCCCCCCCC(=O)OCC(COC(=O)CCCCCCCCOc2ccc(/C=C/C(=O)OC)cc2)OC(=O)CCCCCCCCOc2ccc(/C=C/C(=O)OC)cc2)cc1. The number of carbonyl (C=O) groups excluding carboxylic acids is 6. The molecule has 410 valence electrons. The average molecular weight is 1040 g/mol. The van der Waals surface area contributed by atoms with Crippen LogP contribution in [-0.2, 0) is 57.2 Å². The first-order valence-corrected chi connectivity index (χ1v) is 26.5. The van der Waals surface area contributed by atoms with Gasteiger partial charge in [-0.3, -0.25) is 14.4 Å². The number of hydrogen-bond donors (Lipinski definition) is 0. The molecule has 15 heteroatoms. The molecule has 0 radical (unpaired) electrons. The highest BCUT2D eigenvalue weighted by atomic mass is 16.6. The fourth-order valence-electron chi connectivity index (χ4n) is 7.41. The molecule has 0 bridgehead atoms. The monoisotopic (exact) mass is 1040 g/mol. The lowest BCUT2D eigenvalue weighted by molar-refractivity contribution is -0.167. The molecule has 0 aliphatic heterocycles. The van der Waals surface area contributed by atoms with Gasteiger partial charge in [-0.15, -0.1) is 0 Å². The Kier molecular flexibility index (Phi) is 33.7. The zero-order valence-electron chi connectivity index (χ0n) is 44.5. The van der Waals surface area contributed by atoms with Gasteiger partial charge in [0.15, 0.2) is 6.10 Å². The van der Waals surface area contributed by atoms with Crippen molar-refractivity contribution in [2.75, 3.05) is 54.4 Å². The molecule has 3 rings (SSSR count). The van der Waals surface area contributed by atoms with Crippen LogP contribution in [0.5, 0.6) is 17.2 Å². The molecule has 0 aliphatic carbocycles. The molecule has 0 atom stereocenters. The van der Waals surface area contributed by atoms with Gasteiger partial charge < -0.3 is 42.6 Å². The third kappa shape index (κ3) is 32.1. The van der Waals surface area contributed by atoms with Crippen molar-refractivity contribution in [1.29, 1.82) is 0 Å². The Morgan fingerprint density at radius 2 is 0.627 bits per heavy atom. The zero-order chi connectivity index (χ0) is 54.0. The molecule has 0 saturated heterocycles. The van der Waals surface area contributed by atoms with Gasteiger partial charge in [-0.25, -0.2) is 14.4 Å². The first-order valence-electron chi connectivity index (χ1n) is 26.5. The van der Waals surface area contributed by atoms with E-state index in [1.54, 1.807) is 18.2 Å². The van der Waals surface area contributed by atoms with Crippen LogP contribution in [0.1, 0.15) is 152 Å². The van der Waals surface area contributed by atoms with Crippen molar-refractivity contribution in [3.63, 3.8) is 0 Å². The van der Waals surface area contributed by atoms with Gasteiger partial charge in [0, 0.05) is 37.5 Å². The lowest BCUT2D eigenvalue weighted by Gasteiger charge is -2.18. The Bertz CT molecular complexity index is 2060. The van der Waals surface area contributed by atoms with Crippen LogP contribution in [0, 0.1) is 0 Å². The highest BCUT2D eigenvalue weighted by molar-refractivity contribution is 5.88. The first-order chi connectivity index (χ1) is 36.6. The number of benzene rings is 3. The molecule has 0 spiro atoms. The highest BCUT2D eigenvalue weighted by Crippen LogP contribution is 2.18. The molecule has 0 saturated carbocycles. The van der Waals surface area contributed by atoms with Crippen molar-refractivity contribution < 1.29 is 71.4 Å². The molecule has 0 heterocycles. The van der Waals surface area contributed by atoms with Crippen LogP contribution in [0.4, 0.5) is 0 Å². The summed E-state index contributed by atoms with van der Waals surface area (Å²) in [5, 5.41) is 0. The van der Waals surface area contributed by atoms with E-state index in [-0.39, 0.29) is 44.4 Å². The van der Waals surface area contributed by atoms with Gasteiger partial charge in [0.2, 0.25) is 0 Å². The summed E-state index contributed by atoms with van der Waals surface area (Å²) in [6.45, 7) is 1.41. The van der Waals surface area contributed by atoms with Gasteiger partial charge in [-0.1, -0.05) is 113 Å². The maximum absolute atomic E-state index is 12.9. The second-order valence-electron chi connectivity index (χ2n) is 17.9. The summed E-state index contributed by atoms with van der Waals surface area (Å²) in [5.41, 5.74) is 2.62. The van der Waals surface area contributed by atoms with Crippen molar-refractivity contribution in [3.05, 3.63) is 108 Å². The maximum atomic E-state index is 12.9. The van der Waals surface area contributed by atoms with Crippen molar-refractivity contribution in [2.45, 2.75) is 141 Å². The van der Waals surface area contributed by atoms with Crippen LogP contribution in [0.3, 0.4) is 0 Å². The first kappa shape index (κ1) is 62.4. The van der Waals surface area contributed by atoms with Crippen molar-refractivity contribution >= 4 is 54.0 Å². The summed E-state index contributed by atoms with van der Waals surface area (Å²) >= 11 is 0. The van der Waals surface area contributed by atoms with Gasteiger partial charge in [-0.2, -0.15) is 0 Å². The largest absolute Gasteiger partial charge is 0.494 e. The third-order valence-corrected chi connectivity index (χ3v) is 11.8. The quantitative estimate of drug-likeness (QED) is 0.0226. The van der Waals surface area contributed by atoms with Crippen LogP contribution in [0.2, 0.25) is 0 Å². The van der Waals surface area contributed by atoms with E-state index in [9.17, 15) is 28.8 Å². The van der Waals surface area contributed by atoms with E-state index in [0.717, 1.165) is 130 Å². The Labute approximate surface area is 444 Å². The number of ether oxygens (including phenoxy) is 9. The number of unbranched alkanes of at least 4 members (excludes halogenated alkanes) is 15. The molecule has 0 aromatic heterocycles. The Balaban J connectivity index is 1.29. The lowest BCUT2D eigenvalue weighted by Crippen LogP contribution is -2.30. The van der Waals surface area contributed by atoms with E-state index in [0.29, 0.717) is 39.1 Å². The normalized spacial score (nSPS) is 11.2. The molecule has 0 aliphatic rings.